The van der Waals surface area contributed by atoms with Crippen molar-refractivity contribution in [2.45, 2.75) is 63.2 Å². The van der Waals surface area contributed by atoms with E-state index in [1.165, 1.54) is 60.8 Å². The Labute approximate surface area is 270 Å². The van der Waals surface area contributed by atoms with Crippen LogP contribution in [-0.2, 0) is 23.2 Å². The van der Waals surface area contributed by atoms with Crippen LogP contribution in [-0.4, -0.2) is 0 Å². The zero-order valence-electron chi connectivity index (χ0n) is 23.7. The molecule has 0 saturated carbocycles. The molecule has 208 valence electrons. The zero-order chi connectivity index (χ0) is 26.6. The van der Waals surface area contributed by atoms with Crippen molar-refractivity contribution < 1.29 is 48.0 Å². The molecule has 0 heterocycles. The predicted molar refractivity (Wildman–Crippen MR) is 164 cm³/mol. The Morgan fingerprint density at radius 1 is 0.512 bits per heavy atom. The molecule has 0 N–H and O–H groups in total. The Morgan fingerprint density at radius 3 is 1.37 bits per heavy atom. The van der Waals surface area contributed by atoms with Crippen molar-refractivity contribution in [3.8, 4) is 22.3 Å². The van der Waals surface area contributed by atoms with Crippen LogP contribution in [0.2, 0.25) is 0 Å². The van der Waals surface area contributed by atoms with Crippen molar-refractivity contribution in [3.05, 3.63) is 132 Å². The quantitative estimate of drug-likeness (QED) is 0.162. The number of unbranched alkanes of at least 4 members (excludes halogenated alkanes) is 4. The number of fused-ring (bicyclic) bond motifs is 6. The molecule has 2 aliphatic rings. The van der Waals surface area contributed by atoms with Crippen molar-refractivity contribution >= 4 is 6.54 Å². The SMILES string of the molecule is C=CCCCCC1c2ccccc2-c2ccc[c]([Zr+2][c]3cccc4c3C(CCCCC=C)c3ccccc3-4)c21.[Cl-].[Cl-]. The van der Waals surface area contributed by atoms with E-state index in [4.69, 9.17) is 0 Å². The molecule has 4 aromatic rings. The Kier molecular flexibility index (Phi) is 11.5. The molecule has 0 spiro atoms. The number of halogens is 2. The maximum absolute atomic E-state index is 3.94. The van der Waals surface area contributed by atoms with Crippen LogP contribution in [0.25, 0.3) is 22.3 Å². The number of rotatable bonds is 12. The Balaban J connectivity index is 0.00000194. The molecule has 2 atom stereocenters. The summed E-state index contributed by atoms with van der Waals surface area (Å²) in [5.74, 6) is 1.06. The second-order valence-corrected chi connectivity index (χ2v) is 14.3. The third-order valence-corrected chi connectivity index (χ3v) is 12.2. The zero-order valence-corrected chi connectivity index (χ0v) is 27.7. The second kappa shape index (κ2) is 14.8. The van der Waals surface area contributed by atoms with Crippen LogP contribution >= 0.6 is 0 Å². The molecular formula is C38H38Cl2Zr. The molecule has 41 heavy (non-hydrogen) atoms. The van der Waals surface area contributed by atoms with Gasteiger partial charge < -0.3 is 24.8 Å². The fraction of sp³-hybridized carbons (Fsp3) is 0.263. The summed E-state index contributed by atoms with van der Waals surface area (Å²) in [5.41, 5.74) is 12.3. The van der Waals surface area contributed by atoms with Crippen molar-refractivity contribution in [1.29, 1.82) is 0 Å². The second-order valence-electron chi connectivity index (χ2n) is 11.1. The molecule has 3 heteroatoms. The minimum Gasteiger partial charge on any atom is -1.00 e. The van der Waals surface area contributed by atoms with Crippen molar-refractivity contribution in [2.75, 3.05) is 0 Å². The van der Waals surface area contributed by atoms with Crippen LogP contribution in [0.4, 0.5) is 0 Å². The molecule has 0 bridgehead atoms. The van der Waals surface area contributed by atoms with E-state index in [1.54, 1.807) is 28.8 Å². The van der Waals surface area contributed by atoms with E-state index >= 15 is 0 Å². The Bertz CT molecular complexity index is 1390. The molecule has 2 aliphatic carbocycles. The van der Waals surface area contributed by atoms with Crippen LogP contribution in [0, 0.1) is 0 Å². The smallest absolute Gasteiger partial charge is 1.00 e. The maximum Gasteiger partial charge on any atom is -1.00 e. The normalized spacial score (nSPS) is 15.3. The van der Waals surface area contributed by atoms with Crippen molar-refractivity contribution in [1.82, 2.24) is 0 Å². The van der Waals surface area contributed by atoms with Gasteiger partial charge in [-0.05, 0) is 0 Å². The number of hydrogen-bond acceptors (Lipinski definition) is 0. The van der Waals surface area contributed by atoms with Gasteiger partial charge in [0.25, 0.3) is 0 Å². The summed E-state index contributed by atoms with van der Waals surface area (Å²) in [5, 5.41) is 0. The first kappa shape index (κ1) is 31.8. The third-order valence-electron chi connectivity index (χ3n) is 8.73. The van der Waals surface area contributed by atoms with Crippen LogP contribution in [0.15, 0.2) is 110 Å². The van der Waals surface area contributed by atoms with Crippen LogP contribution in [0.5, 0.6) is 0 Å². The fourth-order valence-corrected chi connectivity index (χ4v) is 10.8. The molecular weight excluding hydrogens is 619 g/mol. The summed E-state index contributed by atoms with van der Waals surface area (Å²) in [6, 6.07) is 32.8. The van der Waals surface area contributed by atoms with Crippen LogP contribution < -0.4 is 31.4 Å². The van der Waals surface area contributed by atoms with Gasteiger partial charge in [-0.3, -0.25) is 0 Å². The molecule has 0 nitrogen and oxygen atoms in total. The average molecular weight is 657 g/mol. The molecule has 0 aliphatic heterocycles. The molecule has 6 rings (SSSR count). The van der Waals surface area contributed by atoms with E-state index < -0.39 is 23.2 Å². The van der Waals surface area contributed by atoms with Gasteiger partial charge in [0, 0.05) is 0 Å². The first-order valence-corrected chi connectivity index (χ1v) is 17.2. The van der Waals surface area contributed by atoms with Crippen molar-refractivity contribution in [2.24, 2.45) is 0 Å². The van der Waals surface area contributed by atoms with Crippen LogP contribution in [0.3, 0.4) is 0 Å². The van der Waals surface area contributed by atoms with E-state index in [0.717, 1.165) is 12.8 Å². The molecule has 2 unspecified atom stereocenters. The minimum atomic E-state index is -1.04. The van der Waals surface area contributed by atoms with Gasteiger partial charge in [0.15, 0.2) is 0 Å². The number of benzene rings is 4. The van der Waals surface area contributed by atoms with Gasteiger partial charge in [-0.1, -0.05) is 0 Å². The summed E-state index contributed by atoms with van der Waals surface area (Å²) in [7, 11) is 0. The standard InChI is InChI=1S/2C19H19.2ClH.Zr/c2*1-2-3-4-5-10-15-16-11-6-8-13-18(16)19-14-9-7-12-17(15)19;;;/h2*2,6-9,11,13-15H,1,3-5,10H2;2*1H;/q;;;;+2/p-2. The van der Waals surface area contributed by atoms with E-state index in [1.807, 2.05) is 0 Å². The number of hydrogen-bond donors (Lipinski definition) is 0. The summed E-state index contributed by atoms with van der Waals surface area (Å²) < 4.78 is 3.35. The predicted octanol–water partition coefficient (Wildman–Crippen LogP) is 3.45. The van der Waals surface area contributed by atoms with Gasteiger partial charge in [0.2, 0.25) is 0 Å². The maximum atomic E-state index is 3.94. The van der Waals surface area contributed by atoms with E-state index in [9.17, 15) is 0 Å². The Hall–Kier alpha value is -2.18. The first-order valence-electron chi connectivity index (χ1n) is 14.7. The Morgan fingerprint density at radius 2 is 0.927 bits per heavy atom. The van der Waals surface area contributed by atoms with Gasteiger partial charge in [0.05, 0.1) is 0 Å². The van der Waals surface area contributed by atoms with Crippen molar-refractivity contribution in [3.63, 3.8) is 0 Å². The number of allylic oxidation sites excluding steroid dienone is 2. The first-order chi connectivity index (χ1) is 19.3. The van der Waals surface area contributed by atoms with E-state index in [-0.39, 0.29) is 24.8 Å². The summed E-state index contributed by atoms with van der Waals surface area (Å²) >= 11 is -1.04. The molecule has 0 aromatic heterocycles. The average Bonchev–Trinajstić information content (AvgIpc) is 3.48. The molecule has 4 aromatic carbocycles. The molecule has 0 radical (unpaired) electrons. The molecule has 0 fully saturated rings. The van der Waals surface area contributed by atoms with Gasteiger partial charge in [0.1, 0.15) is 0 Å². The van der Waals surface area contributed by atoms with Gasteiger partial charge in [-0.15, -0.1) is 0 Å². The molecule has 0 amide bonds. The van der Waals surface area contributed by atoms with E-state index in [2.05, 4.69) is 110 Å². The third kappa shape index (κ3) is 6.29. The minimum absolute atomic E-state index is 0. The molecule has 0 saturated heterocycles. The summed E-state index contributed by atoms with van der Waals surface area (Å²) in [6.45, 7) is 7.89. The summed E-state index contributed by atoms with van der Waals surface area (Å²) in [6.07, 6.45) is 13.8. The van der Waals surface area contributed by atoms with Gasteiger partial charge >= 0.3 is 248 Å². The fourth-order valence-electron chi connectivity index (χ4n) is 6.99. The largest absolute Gasteiger partial charge is 1.00 e. The van der Waals surface area contributed by atoms with Gasteiger partial charge in [-0.25, -0.2) is 0 Å². The summed E-state index contributed by atoms with van der Waals surface area (Å²) in [4.78, 5) is 0. The van der Waals surface area contributed by atoms with E-state index in [0.29, 0.717) is 11.8 Å². The van der Waals surface area contributed by atoms with Crippen LogP contribution in [0.1, 0.15) is 85.5 Å². The topological polar surface area (TPSA) is 0 Å². The van der Waals surface area contributed by atoms with Gasteiger partial charge in [-0.2, -0.15) is 0 Å². The monoisotopic (exact) mass is 654 g/mol.